The molecule has 0 amide bonds. The Kier molecular flexibility index (Phi) is 3.13. The number of nitrogens with two attached hydrogens (primary N) is 1. The molecule has 1 heterocycles. The van der Waals surface area contributed by atoms with Gasteiger partial charge in [0.25, 0.3) is 0 Å². The molecule has 3 rings (SSSR count). The predicted octanol–water partition coefficient (Wildman–Crippen LogP) is 4.28. The molecule has 0 spiro atoms. The van der Waals surface area contributed by atoms with Gasteiger partial charge in [-0.15, -0.1) is 0 Å². The zero-order chi connectivity index (χ0) is 13.2. The van der Waals surface area contributed by atoms with Crippen molar-refractivity contribution in [2.24, 2.45) is 0 Å². The van der Waals surface area contributed by atoms with Crippen molar-refractivity contribution in [3.63, 3.8) is 0 Å². The summed E-state index contributed by atoms with van der Waals surface area (Å²) in [6.45, 7) is 1.93. The summed E-state index contributed by atoms with van der Waals surface area (Å²) in [4.78, 5) is 5.68. The molecule has 0 radical (unpaired) electrons. The summed E-state index contributed by atoms with van der Waals surface area (Å²) >= 11 is 1.66. The van der Waals surface area contributed by atoms with Gasteiger partial charge in [-0.25, -0.2) is 4.98 Å². The SMILES string of the molecule is Cc1nc(Sc2ccc3ccccc3c2)ccc1N. The molecule has 0 unspecified atom stereocenters. The van der Waals surface area contributed by atoms with Gasteiger partial charge in [0, 0.05) is 4.90 Å². The number of nitrogens with zero attached hydrogens (tertiary/aromatic N) is 1. The van der Waals surface area contributed by atoms with Crippen LogP contribution < -0.4 is 5.73 Å². The van der Waals surface area contributed by atoms with Crippen LogP contribution in [0, 0.1) is 6.92 Å². The first-order valence-corrected chi connectivity index (χ1v) is 6.94. The fraction of sp³-hybridized carbons (Fsp3) is 0.0625. The van der Waals surface area contributed by atoms with Gasteiger partial charge in [-0.05, 0) is 42.0 Å². The third kappa shape index (κ3) is 2.56. The summed E-state index contributed by atoms with van der Waals surface area (Å²) in [5, 5.41) is 3.48. The zero-order valence-corrected chi connectivity index (χ0v) is 11.4. The van der Waals surface area contributed by atoms with Crippen LogP contribution in [0.1, 0.15) is 5.69 Å². The molecular weight excluding hydrogens is 252 g/mol. The number of hydrogen-bond acceptors (Lipinski definition) is 3. The first-order chi connectivity index (χ1) is 9.22. The number of anilines is 1. The smallest absolute Gasteiger partial charge is 0.101 e. The van der Waals surface area contributed by atoms with Gasteiger partial charge < -0.3 is 5.73 Å². The van der Waals surface area contributed by atoms with Crippen molar-refractivity contribution in [2.75, 3.05) is 5.73 Å². The van der Waals surface area contributed by atoms with Crippen molar-refractivity contribution >= 4 is 28.2 Å². The molecule has 19 heavy (non-hydrogen) atoms. The van der Waals surface area contributed by atoms with Crippen molar-refractivity contribution in [2.45, 2.75) is 16.8 Å². The molecule has 94 valence electrons. The highest BCUT2D eigenvalue weighted by Gasteiger charge is 2.02. The first kappa shape index (κ1) is 12.1. The van der Waals surface area contributed by atoms with Gasteiger partial charge >= 0.3 is 0 Å². The minimum Gasteiger partial charge on any atom is -0.397 e. The maximum Gasteiger partial charge on any atom is 0.101 e. The Labute approximate surface area is 116 Å². The average Bonchev–Trinajstić information content (AvgIpc) is 2.43. The fourth-order valence-corrected chi connectivity index (χ4v) is 2.84. The number of aryl methyl sites for hydroxylation is 1. The molecule has 3 heteroatoms. The third-order valence-electron chi connectivity index (χ3n) is 3.04. The van der Waals surface area contributed by atoms with Crippen molar-refractivity contribution in [1.29, 1.82) is 0 Å². The Morgan fingerprint density at radius 3 is 2.53 bits per heavy atom. The molecule has 0 saturated carbocycles. The van der Waals surface area contributed by atoms with E-state index >= 15 is 0 Å². The van der Waals surface area contributed by atoms with Crippen molar-refractivity contribution in [3.05, 3.63) is 60.3 Å². The summed E-state index contributed by atoms with van der Waals surface area (Å²) < 4.78 is 0. The molecule has 0 bridgehead atoms. The number of aromatic nitrogens is 1. The number of fused-ring (bicyclic) bond motifs is 1. The van der Waals surface area contributed by atoms with Crippen LogP contribution in [0.3, 0.4) is 0 Å². The summed E-state index contributed by atoms with van der Waals surface area (Å²) in [6.07, 6.45) is 0. The van der Waals surface area contributed by atoms with Gasteiger partial charge in [0.05, 0.1) is 11.4 Å². The minimum atomic E-state index is 0.739. The lowest BCUT2D eigenvalue weighted by atomic mass is 10.1. The van der Waals surface area contributed by atoms with Gasteiger partial charge in [0.2, 0.25) is 0 Å². The maximum absolute atomic E-state index is 5.78. The highest BCUT2D eigenvalue weighted by atomic mass is 32.2. The Morgan fingerprint density at radius 1 is 0.947 bits per heavy atom. The number of hydrogen-bond donors (Lipinski definition) is 1. The van der Waals surface area contributed by atoms with Crippen LogP contribution in [0.15, 0.2) is 64.5 Å². The predicted molar refractivity (Wildman–Crippen MR) is 81.5 cm³/mol. The van der Waals surface area contributed by atoms with Crippen LogP contribution >= 0.6 is 11.8 Å². The van der Waals surface area contributed by atoms with E-state index in [2.05, 4.69) is 47.4 Å². The molecule has 0 aliphatic carbocycles. The number of nitrogen functional groups attached to an aromatic ring is 1. The van der Waals surface area contributed by atoms with E-state index < -0.39 is 0 Å². The molecule has 3 aromatic rings. The lowest BCUT2D eigenvalue weighted by molar-refractivity contribution is 1.07. The van der Waals surface area contributed by atoms with E-state index in [4.69, 9.17) is 5.73 Å². The van der Waals surface area contributed by atoms with Crippen LogP contribution in [0.5, 0.6) is 0 Å². The molecule has 2 aromatic carbocycles. The summed E-state index contributed by atoms with van der Waals surface area (Å²) in [6, 6.07) is 18.7. The second-order valence-electron chi connectivity index (χ2n) is 4.44. The molecule has 0 aliphatic heterocycles. The lowest BCUT2D eigenvalue weighted by Gasteiger charge is -2.05. The van der Waals surface area contributed by atoms with E-state index in [1.165, 1.54) is 15.7 Å². The molecule has 1 aromatic heterocycles. The topological polar surface area (TPSA) is 38.9 Å². The normalized spacial score (nSPS) is 10.8. The maximum atomic E-state index is 5.78. The Bertz CT molecular complexity index is 738. The van der Waals surface area contributed by atoms with Gasteiger partial charge in [0.15, 0.2) is 0 Å². The van der Waals surface area contributed by atoms with Crippen LogP contribution in [0.2, 0.25) is 0 Å². The quantitative estimate of drug-likeness (QED) is 0.752. The van der Waals surface area contributed by atoms with Gasteiger partial charge in [-0.1, -0.05) is 42.1 Å². The van der Waals surface area contributed by atoms with Crippen LogP contribution in [-0.4, -0.2) is 4.98 Å². The Balaban J connectivity index is 1.94. The fourth-order valence-electron chi connectivity index (χ4n) is 1.96. The van der Waals surface area contributed by atoms with Crippen molar-refractivity contribution in [1.82, 2.24) is 4.98 Å². The van der Waals surface area contributed by atoms with E-state index in [9.17, 15) is 0 Å². The third-order valence-corrected chi connectivity index (χ3v) is 3.97. The van der Waals surface area contributed by atoms with E-state index in [1.54, 1.807) is 11.8 Å². The average molecular weight is 266 g/mol. The number of rotatable bonds is 2. The van der Waals surface area contributed by atoms with Gasteiger partial charge in [0.1, 0.15) is 5.03 Å². The van der Waals surface area contributed by atoms with Crippen molar-refractivity contribution < 1.29 is 0 Å². The summed E-state index contributed by atoms with van der Waals surface area (Å²) in [5.74, 6) is 0. The van der Waals surface area contributed by atoms with E-state index in [1.807, 2.05) is 19.1 Å². The summed E-state index contributed by atoms with van der Waals surface area (Å²) in [5.41, 5.74) is 7.40. The van der Waals surface area contributed by atoms with E-state index in [-0.39, 0.29) is 0 Å². The first-order valence-electron chi connectivity index (χ1n) is 6.12. The molecule has 0 aliphatic rings. The number of benzene rings is 2. The molecular formula is C16H14N2S. The van der Waals surface area contributed by atoms with Gasteiger partial charge in [-0.2, -0.15) is 0 Å². The monoisotopic (exact) mass is 266 g/mol. The molecule has 0 saturated heterocycles. The van der Waals surface area contributed by atoms with E-state index in [0.717, 1.165) is 16.4 Å². The molecule has 2 N–H and O–H groups in total. The van der Waals surface area contributed by atoms with Crippen LogP contribution in [0.4, 0.5) is 5.69 Å². The Hall–Kier alpha value is -2.00. The Morgan fingerprint density at radius 2 is 1.74 bits per heavy atom. The minimum absolute atomic E-state index is 0.739. The second kappa shape index (κ2) is 4.94. The highest BCUT2D eigenvalue weighted by molar-refractivity contribution is 7.99. The van der Waals surface area contributed by atoms with Crippen LogP contribution in [-0.2, 0) is 0 Å². The summed E-state index contributed by atoms with van der Waals surface area (Å²) in [7, 11) is 0. The van der Waals surface area contributed by atoms with Crippen LogP contribution in [0.25, 0.3) is 10.8 Å². The van der Waals surface area contributed by atoms with Gasteiger partial charge in [-0.3, -0.25) is 0 Å². The molecule has 2 nitrogen and oxygen atoms in total. The molecule has 0 atom stereocenters. The number of pyridine rings is 1. The highest BCUT2D eigenvalue weighted by Crippen LogP contribution is 2.29. The standard InChI is InChI=1S/C16H14N2S/c1-11-15(17)8-9-16(18-11)19-14-7-6-12-4-2-3-5-13(12)10-14/h2-10H,17H2,1H3. The zero-order valence-electron chi connectivity index (χ0n) is 10.6. The van der Waals surface area contributed by atoms with Crippen molar-refractivity contribution in [3.8, 4) is 0 Å². The second-order valence-corrected chi connectivity index (χ2v) is 5.53. The van der Waals surface area contributed by atoms with E-state index in [0.29, 0.717) is 0 Å². The largest absolute Gasteiger partial charge is 0.397 e. The molecule has 0 fully saturated rings. The lowest BCUT2D eigenvalue weighted by Crippen LogP contribution is -1.93.